The number of benzene rings is 3. The Balaban J connectivity index is 1.53. The molecule has 164 valence electrons. The summed E-state index contributed by atoms with van der Waals surface area (Å²) in [4.78, 5) is 35.7. The Bertz CT molecular complexity index is 1130. The van der Waals surface area contributed by atoms with Crippen LogP contribution >= 0.6 is 0 Å². The van der Waals surface area contributed by atoms with Gasteiger partial charge < -0.3 is 15.4 Å². The molecule has 2 amide bonds. The molecule has 0 radical (unpaired) electrons. The highest BCUT2D eigenvalue weighted by Gasteiger charge is 2.09. The van der Waals surface area contributed by atoms with Crippen LogP contribution in [0.1, 0.15) is 34.8 Å². The monoisotopic (exact) mass is 434 g/mol. The number of carbonyl (C=O) groups excluding carboxylic acids is 3. The van der Waals surface area contributed by atoms with Crippen molar-refractivity contribution in [1.29, 1.82) is 0 Å². The van der Waals surface area contributed by atoms with Gasteiger partial charge in [-0.25, -0.2) is 4.39 Å². The largest absolute Gasteiger partial charge is 0.427 e. The topological polar surface area (TPSA) is 84.5 Å². The lowest BCUT2D eigenvalue weighted by Crippen LogP contribution is -2.23. The lowest BCUT2D eigenvalue weighted by atomic mass is 10.1. The summed E-state index contributed by atoms with van der Waals surface area (Å²) in [5, 5.41) is 5.59. The van der Waals surface area contributed by atoms with E-state index in [2.05, 4.69) is 10.6 Å². The second-order valence-electron chi connectivity index (χ2n) is 7.14. The van der Waals surface area contributed by atoms with E-state index in [1.165, 1.54) is 19.1 Å². The van der Waals surface area contributed by atoms with E-state index in [0.717, 1.165) is 5.56 Å². The van der Waals surface area contributed by atoms with Gasteiger partial charge in [-0.05, 0) is 53.9 Å². The van der Waals surface area contributed by atoms with Crippen molar-refractivity contribution in [3.8, 4) is 5.75 Å². The quantitative estimate of drug-likeness (QED) is 0.410. The third-order valence-corrected chi connectivity index (χ3v) is 4.60. The molecule has 2 N–H and O–H groups in total. The first kappa shape index (κ1) is 22.7. The molecule has 3 aromatic carbocycles. The smallest absolute Gasteiger partial charge is 0.308 e. The van der Waals surface area contributed by atoms with Gasteiger partial charge in [-0.3, -0.25) is 14.4 Å². The average Bonchev–Trinajstić information content (AvgIpc) is 2.77. The van der Waals surface area contributed by atoms with Gasteiger partial charge in [0.05, 0.1) is 0 Å². The van der Waals surface area contributed by atoms with Crippen molar-refractivity contribution < 1.29 is 23.5 Å². The molecule has 0 unspecified atom stereocenters. The zero-order valence-electron chi connectivity index (χ0n) is 17.6. The molecule has 6 nitrogen and oxygen atoms in total. The zero-order valence-corrected chi connectivity index (χ0v) is 17.6. The van der Waals surface area contributed by atoms with E-state index in [0.29, 0.717) is 29.0 Å². The van der Waals surface area contributed by atoms with Crippen LogP contribution < -0.4 is 15.4 Å². The van der Waals surface area contributed by atoms with E-state index in [-0.39, 0.29) is 30.6 Å². The minimum atomic E-state index is -0.463. The number of hydrogen-bond acceptors (Lipinski definition) is 4. The molecular formula is C25H23FN2O4. The van der Waals surface area contributed by atoms with Crippen molar-refractivity contribution in [3.05, 3.63) is 95.3 Å². The van der Waals surface area contributed by atoms with E-state index in [1.807, 2.05) is 6.07 Å². The van der Waals surface area contributed by atoms with Crippen LogP contribution in [0.4, 0.5) is 10.1 Å². The molecule has 0 aliphatic heterocycles. The molecule has 0 bridgehead atoms. The van der Waals surface area contributed by atoms with Crippen molar-refractivity contribution in [3.63, 3.8) is 0 Å². The van der Waals surface area contributed by atoms with E-state index in [1.54, 1.807) is 54.6 Å². The van der Waals surface area contributed by atoms with Gasteiger partial charge in [0.15, 0.2) is 0 Å². The van der Waals surface area contributed by atoms with Gasteiger partial charge in [-0.15, -0.1) is 0 Å². The maximum absolute atomic E-state index is 13.7. The number of ether oxygens (including phenoxy) is 1. The number of halogens is 1. The molecule has 0 saturated heterocycles. The lowest BCUT2D eigenvalue weighted by molar-refractivity contribution is -0.131. The molecular weight excluding hydrogens is 411 g/mol. The minimum absolute atomic E-state index is 0.153. The molecule has 0 heterocycles. The predicted molar refractivity (Wildman–Crippen MR) is 119 cm³/mol. The Morgan fingerprint density at radius 3 is 2.50 bits per heavy atom. The molecule has 0 spiro atoms. The van der Waals surface area contributed by atoms with Gasteiger partial charge >= 0.3 is 5.97 Å². The summed E-state index contributed by atoms with van der Waals surface area (Å²) in [6.07, 6.45) is 0.460. The van der Waals surface area contributed by atoms with Crippen molar-refractivity contribution in [2.75, 3.05) is 5.32 Å². The van der Waals surface area contributed by atoms with Gasteiger partial charge in [0.2, 0.25) is 5.91 Å². The molecule has 0 fully saturated rings. The minimum Gasteiger partial charge on any atom is -0.427 e. The summed E-state index contributed by atoms with van der Waals surface area (Å²) in [6, 6.07) is 19.8. The zero-order chi connectivity index (χ0) is 22.9. The van der Waals surface area contributed by atoms with E-state index in [4.69, 9.17) is 4.74 Å². The highest BCUT2D eigenvalue weighted by atomic mass is 19.1. The van der Waals surface area contributed by atoms with E-state index in [9.17, 15) is 18.8 Å². The number of hydrogen-bond donors (Lipinski definition) is 2. The number of aryl methyl sites for hydroxylation is 1. The van der Waals surface area contributed by atoms with Gasteiger partial charge in [-0.2, -0.15) is 0 Å². The van der Waals surface area contributed by atoms with Crippen LogP contribution in [0, 0.1) is 5.82 Å². The Kier molecular flexibility index (Phi) is 7.70. The second-order valence-corrected chi connectivity index (χ2v) is 7.14. The molecule has 3 rings (SSSR count). The Hall–Kier alpha value is -4.00. The molecule has 0 aliphatic carbocycles. The fraction of sp³-hybridized carbons (Fsp3) is 0.160. The third kappa shape index (κ3) is 6.77. The second kappa shape index (κ2) is 10.9. The molecule has 0 saturated carbocycles. The number of rotatable bonds is 8. The van der Waals surface area contributed by atoms with E-state index >= 15 is 0 Å². The van der Waals surface area contributed by atoms with Crippen molar-refractivity contribution in [2.45, 2.75) is 26.3 Å². The normalized spacial score (nSPS) is 10.3. The Labute approximate surface area is 185 Å². The van der Waals surface area contributed by atoms with Crippen LogP contribution in [0.5, 0.6) is 5.75 Å². The molecule has 32 heavy (non-hydrogen) atoms. The van der Waals surface area contributed by atoms with Crippen LogP contribution in [0.2, 0.25) is 0 Å². The third-order valence-electron chi connectivity index (χ3n) is 4.60. The first-order valence-electron chi connectivity index (χ1n) is 10.1. The highest BCUT2D eigenvalue weighted by molar-refractivity contribution is 5.94. The maximum atomic E-state index is 13.7. The average molecular weight is 434 g/mol. The summed E-state index contributed by atoms with van der Waals surface area (Å²) >= 11 is 0. The van der Waals surface area contributed by atoms with Crippen molar-refractivity contribution in [2.24, 2.45) is 0 Å². The predicted octanol–water partition coefficient (Wildman–Crippen LogP) is 4.25. The molecule has 7 heteroatoms. The number of esters is 1. The van der Waals surface area contributed by atoms with Crippen molar-refractivity contribution in [1.82, 2.24) is 5.32 Å². The van der Waals surface area contributed by atoms with Crippen LogP contribution in [0.3, 0.4) is 0 Å². The Morgan fingerprint density at radius 2 is 1.72 bits per heavy atom. The standard InChI is InChI=1S/C25H23FN2O4/c1-17(29)32-22-10-5-8-20(15-22)25(31)27-16-18-6-4-9-21(14-18)28-24(30)13-12-19-7-2-3-11-23(19)26/h2-11,14-15H,12-13,16H2,1H3,(H,27,31)(H,28,30). The number of anilines is 1. The summed E-state index contributed by atoms with van der Waals surface area (Å²) in [6.45, 7) is 1.54. The highest BCUT2D eigenvalue weighted by Crippen LogP contribution is 2.15. The van der Waals surface area contributed by atoms with Gasteiger partial charge in [0, 0.05) is 31.1 Å². The summed E-state index contributed by atoms with van der Waals surface area (Å²) in [5.74, 6) is -1.04. The molecule has 3 aromatic rings. The van der Waals surface area contributed by atoms with E-state index < -0.39 is 5.97 Å². The fourth-order valence-corrected chi connectivity index (χ4v) is 3.08. The maximum Gasteiger partial charge on any atom is 0.308 e. The number of nitrogens with one attached hydrogen (secondary N) is 2. The van der Waals surface area contributed by atoms with Gasteiger partial charge in [-0.1, -0.05) is 36.4 Å². The van der Waals surface area contributed by atoms with Crippen molar-refractivity contribution >= 4 is 23.5 Å². The lowest BCUT2D eigenvalue weighted by Gasteiger charge is -2.10. The molecule has 0 aliphatic rings. The van der Waals surface area contributed by atoms with Crippen LogP contribution in [-0.2, 0) is 22.6 Å². The summed E-state index contributed by atoms with van der Waals surface area (Å²) in [7, 11) is 0. The van der Waals surface area contributed by atoms with Crippen LogP contribution in [-0.4, -0.2) is 17.8 Å². The first-order valence-corrected chi connectivity index (χ1v) is 10.1. The summed E-state index contributed by atoms with van der Waals surface area (Å²) in [5.41, 5.74) is 2.24. The summed E-state index contributed by atoms with van der Waals surface area (Å²) < 4.78 is 18.7. The fourth-order valence-electron chi connectivity index (χ4n) is 3.08. The molecule has 0 atom stereocenters. The molecule has 0 aromatic heterocycles. The van der Waals surface area contributed by atoms with Gasteiger partial charge in [0.1, 0.15) is 11.6 Å². The first-order chi connectivity index (χ1) is 15.4. The SMILES string of the molecule is CC(=O)Oc1cccc(C(=O)NCc2cccc(NC(=O)CCc3ccccc3F)c2)c1. The van der Waals surface area contributed by atoms with Crippen LogP contribution in [0.25, 0.3) is 0 Å². The number of amides is 2. The van der Waals surface area contributed by atoms with Gasteiger partial charge in [0.25, 0.3) is 5.91 Å². The van der Waals surface area contributed by atoms with Crippen LogP contribution in [0.15, 0.2) is 72.8 Å². The number of carbonyl (C=O) groups is 3. The Morgan fingerprint density at radius 1 is 0.938 bits per heavy atom.